The highest BCUT2D eigenvalue weighted by molar-refractivity contribution is 5.93. The molecule has 8 heteroatoms. The third-order valence-corrected chi connectivity index (χ3v) is 5.85. The molecule has 0 aliphatic heterocycles. The molecule has 0 spiro atoms. The normalized spacial score (nSPS) is 11.6. The van der Waals surface area contributed by atoms with E-state index in [0.717, 1.165) is 18.2 Å². The highest BCUT2D eigenvalue weighted by Crippen LogP contribution is 2.32. The molecule has 1 N–H and O–H groups in total. The predicted molar refractivity (Wildman–Crippen MR) is 132 cm³/mol. The zero-order valence-corrected chi connectivity index (χ0v) is 19.8. The molecule has 0 aliphatic carbocycles. The van der Waals surface area contributed by atoms with Crippen molar-refractivity contribution in [3.63, 3.8) is 0 Å². The molecule has 0 aliphatic rings. The van der Waals surface area contributed by atoms with Crippen LogP contribution in [0, 0.1) is 6.92 Å². The van der Waals surface area contributed by atoms with Crippen molar-refractivity contribution in [1.82, 2.24) is 9.55 Å². The van der Waals surface area contributed by atoms with Crippen molar-refractivity contribution in [1.29, 1.82) is 0 Å². The van der Waals surface area contributed by atoms with Crippen molar-refractivity contribution in [2.75, 3.05) is 25.1 Å². The van der Waals surface area contributed by atoms with Gasteiger partial charge in [0.15, 0.2) is 0 Å². The van der Waals surface area contributed by atoms with Crippen LogP contribution in [0.15, 0.2) is 66.7 Å². The summed E-state index contributed by atoms with van der Waals surface area (Å²) in [5.41, 5.74) is 2.80. The maximum Gasteiger partial charge on any atom is 0.335 e. The van der Waals surface area contributed by atoms with Gasteiger partial charge in [-0.05, 0) is 42.8 Å². The number of benzene rings is 3. The van der Waals surface area contributed by atoms with E-state index < -0.39 is 11.9 Å². The Bertz CT molecular complexity index is 1340. The Morgan fingerprint density at radius 2 is 1.83 bits per heavy atom. The summed E-state index contributed by atoms with van der Waals surface area (Å²) in [6.07, 6.45) is 0. The Hall–Kier alpha value is -3.94. The average Bonchev–Trinajstić information content (AvgIpc) is 3.17. The molecule has 0 saturated heterocycles. The summed E-state index contributed by atoms with van der Waals surface area (Å²) < 4.78 is 36.3. The molecular weight excluding hydrogens is 452 g/mol. The van der Waals surface area contributed by atoms with Crippen LogP contribution in [0.5, 0.6) is 5.75 Å². The Morgan fingerprint density at radius 3 is 2.51 bits per heavy atom. The molecule has 4 rings (SSSR count). The topological polar surface area (TPSA) is 67.6 Å². The third kappa shape index (κ3) is 5.42. The van der Waals surface area contributed by atoms with Crippen molar-refractivity contribution in [3.8, 4) is 5.75 Å². The fourth-order valence-corrected chi connectivity index (χ4v) is 3.99. The second-order valence-electron chi connectivity index (χ2n) is 8.64. The minimum absolute atomic E-state index is 0.0553. The zero-order chi connectivity index (χ0) is 25.2. The van der Waals surface area contributed by atoms with Gasteiger partial charge in [0.2, 0.25) is 5.95 Å². The van der Waals surface area contributed by atoms with E-state index in [0.29, 0.717) is 35.7 Å². The molecule has 182 valence electrons. The van der Waals surface area contributed by atoms with Crippen LogP contribution in [0.1, 0.15) is 34.0 Å². The number of aromatic carboxylic acids is 1. The van der Waals surface area contributed by atoms with Crippen LogP contribution < -0.4 is 9.64 Å². The van der Waals surface area contributed by atoms with Crippen LogP contribution in [-0.2, 0) is 12.5 Å². The van der Waals surface area contributed by atoms with E-state index in [9.17, 15) is 18.7 Å². The molecule has 0 radical (unpaired) electrons. The Kier molecular flexibility index (Phi) is 6.73. The maximum atomic E-state index is 14.3. The number of halogens is 2. The second-order valence-corrected chi connectivity index (χ2v) is 8.64. The summed E-state index contributed by atoms with van der Waals surface area (Å²) in [7, 11) is 1.84. The first-order valence-electron chi connectivity index (χ1n) is 11.2. The minimum Gasteiger partial charge on any atom is -0.492 e. The van der Waals surface area contributed by atoms with Gasteiger partial charge >= 0.3 is 5.97 Å². The first kappa shape index (κ1) is 24.2. The van der Waals surface area contributed by atoms with Crippen molar-refractivity contribution in [3.05, 3.63) is 89.0 Å². The van der Waals surface area contributed by atoms with Gasteiger partial charge < -0.3 is 19.3 Å². The first-order chi connectivity index (χ1) is 16.6. The number of aryl methyl sites for hydroxylation is 1. The number of likely N-dealkylation sites (N-methyl/N-ethyl adjacent to an activating group) is 1. The van der Waals surface area contributed by atoms with Gasteiger partial charge in [-0.2, -0.15) is 0 Å². The fraction of sp³-hybridized carbons (Fsp3) is 0.259. The molecule has 0 saturated carbocycles. The SMILES string of the molecule is Cc1ccc(OCCN(C)c2nc3cc(C(=O)O)ccc3n2Cc2ccccc2C(C)(F)F)cc1. The average molecular weight is 480 g/mol. The summed E-state index contributed by atoms with van der Waals surface area (Å²) in [6, 6.07) is 18.8. The molecule has 0 fully saturated rings. The van der Waals surface area contributed by atoms with Crippen LogP contribution in [-0.4, -0.2) is 40.8 Å². The largest absolute Gasteiger partial charge is 0.492 e. The molecule has 1 heterocycles. The van der Waals surface area contributed by atoms with Gasteiger partial charge in [-0.1, -0.05) is 42.0 Å². The number of carbonyl (C=O) groups is 1. The molecule has 3 aromatic carbocycles. The summed E-state index contributed by atoms with van der Waals surface area (Å²) in [5.74, 6) is -2.77. The van der Waals surface area contributed by atoms with Crippen molar-refractivity contribution >= 4 is 23.0 Å². The summed E-state index contributed by atoms with van der Waals surface area (Å²) in [4.78, 5) is 18.0. The molecule has 0 unspecified atom stereocenters. The van der Waals surface area contributed by atoms with Crippen molar-refractivity contribution in [2.24, 2.45) is 0 Å². The quantitative estimate of drug-likeness (QED) is 0.333. The lowest BCUT2D eigenvalue weighted by Gasteiger charge is -2.22. The van der Waals surface area contributed by atoms with Gasteiger partial charge in [0.05, 0.1) is 29.7 Å². The lowest BCUT2D eigenvalue weighted by Crippen LogP contribution is -2.27. The standard InChI is InChI=1S/C27H27F2N3O3/c1-18-8-11-21(12-9-18)35-15-14-31(3)26-30-23-16-19(25(33)34)10-13-24(23)32(26)17-20-6-4-5-7-22(20)27(2,28)29/h4-13,16H,14-15,17H2,1-3H3,(H,33,34). The van der Waals surface area contributed by atoms with Gasteiger partial charge in [0.1, 0.15) is 12.4 Å². The molecule has 1 aromatic heterocycles. The molecule has 0 bridgehead atoms. The van der Waals surface area contributed by atoms with Gasteiger partial charge in [-0.3, -0.25) is 0 Å². The summed E-state index contributed by atoms with van der Waals surface area (Å²) >= 11 is 0. The van der Waals surface area contributed by atoms with E-state index >= 15 is 0 Å². The molecule has 0 amide bonds. The smallest absolute Gasteiger partial charge is 0.335 e. The number of carboxylic acid groups (broad SMARTS) is 1. The molecule has 4 aromatic rings. The number of hydrogen-bond donors (Lipinski definition) is 1. The highest BCUT2D eigenvalue weighted by atomic mass is 19.3. The fourth-order valence-electron chi connectivity index (χ4n) is 3.99. The van der Waals surface area contributed by atoms with E-state index in [1.165, 1.54) is 18.2 Å². The summed E-state index contributed by atoms with van der Waals surface area (Å²) in [6.45, 7) is 3.90. The number of carboxylic acids is 1. The van der Waals surface area contributed by atoms with Crippen molar-refractivity contribution < 1.29 is 23.4 Å². The van der Waals surface area contributed by atoms with Crippen LogP contribution >= 0.6 is 0 Å². The third-order valence-electron chi connectivity index (χ3n) is 5.85. The predicted octanol–water partition coefficient (Wildman–Crippen LogP) is 5.72. The lowest BCUT2D eigenvalue weighted by atomic mass is 10.0. The number of nitrogens with zero attached hydrogens (tertiary/aromatic N) is 3. The van der Waals surface area contributed by atoms with E-state index in [-0.39, 0.29) is 17.7 Å². The molecule has 35 heavy (non-hydrogen) atoms. The second kappa shape index (κ2) is 9.74. The minimum atomic E-state index is -3.00. The van der Waals surface area contributed by atoms with E-state index in [2.05, 4.69) is 4.98 Å². The van der Waals surface area contributed by atoms with Gasteiger partial charge in [-0.15, -0.1) is 0 Å². The number of alkyl halides is 2. The van der Waals surface area contributed by atoms with E-state index in [4.69, 9.17) is 4.74 Å². The first-order valence-corrected chi connectivity index (χ1v) is 11.2. The Labute approximate surface area is 202 Å². The molecule has 0 atom stereocenters. The molecule has 6 nitrogen and oxygen atoms in total. The van der Waals surface area contributed by atoms with Crippen LogP contribution in [0.4, 0.5) is 14.7 Å². The number of aromatic nitrogens is 2. The zero-order valence-electron chi connectivity index (χ0n) is 19.8. The van der Waals surface area contributed by atoms with E-state index in [1.54, 1.807) is 24.3 Å². The number of fused-ring (bicyclic) bond motifs is 1. The van der Waals surface area contributed by atoms with Crippen LogP contribution in [0.25, 0.3) is 11.0 Å². The Morgan fingerprint density at radius 1 is 1.11 bits per heavy atom. The Balaban J connectivity index is 1.67. The maximum absolute atomic E-state index is 14.3. The van der Waals surface area contributed by atoms with Gasteiger partial charge in [0.25, 0.3) is 5.92 Å². The summed E-state index contributed by atoms with van der Waals surface area (Å²) in [5, 5.41) is 9.39. The van der Waals surface area contributed by atoms with Gasteiger partial charge in [0, 0.05) is 19.5 Å². The lowest BCUT2D eigenvalue weighted by molar-refractivity contribution is 0.0164. The monoisotopic (exact) mass is 479 g/mol. The van der Waals surface area contributed by atoms with Crippen molar-refractivity contribution in [2.45, 2.75) is 26.3 Å². The number of rotatable bonds is 9. The van der Waals surface area contributed by atoms with Crippen LogP contribution in [0.3, 0.4) is 0 Å². The highest BCUT2D eigenvalue weighted by Gasteiger charge is 2.28. The van der Waals surface area contributed by atoms with E-state index in [1.807, 2.05) is 47.7 Å². The molecular formula is C27H27F2N3O3. The van der Waals surface area contributed by atoms with Gasteiger partial charge in [-0.25, -0.2) is 18.6 Å². The number of anilines is 1. The number of hydrogen-bond acceptors (Lipinski definition) is 4. The number of imidazole rings is 1. The van der Waals surface area contributed by atoms with Crippen LogP contribution in [0.2, 0.25) is 0 Å². The number of ether oxygens (including phenoxy) is 1.